The minimum absolute atomic E-state index is 0.474. The van der Waals surface area contributed by atoms with Gasteiger partial charge in [0.25, 0.3) is 0 Å². The molecule has 0 unspecified atom stereocenters. The number of furan rings is 1. The van der Waals surface area contributed by atoms with Crippen molar-refractivity contribution in [1.82, 2.24) is 0 Å². The summed E-state index contributed by atoms with van der Waals surface area (Å²) in [5.41, 5.74) is 2.04. The largest absolute Gasteiger partial charge is 0.454 e. The van der Waals surface area contributed by atoms with Gasteiger partial charge in [0.05, 0.1) is 0 Å². The third-order valence-corrected chi connectivity index (χ3v) is 4.50. The van der Waals surface area contributed by atoms with Crippen LogP contribution in [0.25, 0.3) is 11.0 Å². The van der Waals surface area contributed by atoms with Crippen LogP contribution in [0.15, 0.2) is 87.7 Å². The summed E-state index contributed by atoms with van der Waals surface area (Å²) in [6.07, 6.45) is 0. The van der Waals surface area contributed by atoms with Crippen LogP contribution < -0.4 is 0 Å². The maximum absolute atomic E-state index is 12.1. The topological polar surface area (TPSA) is 51.8 Å². The highest BCUT2D eigenvalue weighted by atomic mass is 32.1. The zero-order valence-electron chi connectivity index (χ0n) is 13.1. The predicted octanol–water partition coefficient (Wildman–Crippen LogP) is 5.10. The van der Waals surface area contributed by atoms with Gasteiger partial charge in [0, 0.05) is 10.9 Å². The Kier molecular flexibility index (Phi) is 4.14. The van der Waals surface area contributed by atoms with E-state index in [1.807, 2.05) is 66.0 Å². The average molecular weight is 347 g/mol. The van der Waals surface area contributed by atoms with Gasteiger partial charge >= 0.3 is 5.97 Å². The van der Waals surface area contributed by atoms with Crippen LogP contribution in [-0.4, -0.2) is 11.7 Å². The molecule has 0 amide bonds. The highest BCUT2D eigenvalue weighted by molar-refractivity contribution is 7.11. The second-order valence-electron chi connectivity index (χ2n) is 5.31. The molecule has 0 bridgehead atoms. The molecule has 122 valence electrons. The fraction of sp³-hybridized carbons (Fsp3) is 0. The van der Waals surface area contributed by atoms with E-state index in [9.17, 15) is 4.79 Å². The third kappa shape index (κ3) is 3.22. The van der Waals surface area contributed by atoms with Gasteiger partial charge in [-0.15, -0.1) is 11.3 Å². The minimum Gasteiger partial charge on any atom is -0.454 e. The van der Waals surface area contributed by atoms with E-state index in [0.29, 0.717) is 16.3 Å². The molecule has 5 heteroatoms. The number of fused-ring (bicyclic) bond motifs is 1. The number of rotatable bonds is 4. The number of oxime groups is 1. The van der Waals surface area contributed by atoms with Crippen molar-refractivity contribution in [2.45, 2.75) is 0 Å². The Morgan fingerprint density at radius 1 is 0.960 bits per heavy atom. The van der Waals surface area contributed by atoms with E-state index in [1.165, 1.54) is 11.3 Å². The second kappa shape index (κ2) is 6.75. The molecule has 0 saturated heterocycles. The molecule has 25 heavy (non-hydrogen) atoms. The van der Waals surface area contributed by atoms with Crippen molar-refractivity contribution in [3.63, 3.8) is 0 Å². The Hall–Kier alpha value is -3.18. The highest BCUT2D eigenvalue weighted by Gasteiger charge is 2.15. The minimum atomic E-state index is -0.487. The lowest BCUT2D eigenvalue weighted by molar-refractivity contribution is 0.0522. The van der Waals surface area contributed by atoms with Crippen LogP contribution in [0.3, 0.4) is 0 Å². The number of benzene rings is 2. The molecular weight excluding hydrogens is 334 g/mol. The third-order valence-electron chi connectivity index (χ3n) is 3.65. The van der Waals surface area contributed by atoms with Gasteiger partial charge in [-0.3, -0.25) is 0 Å². The predicted molar refractivity (Wildman–Crippen MR) is 98.0 cm³/mol. The lowest BCUT2D eigenvalue weighted by Gasteiger charge is -2.03. The van der Waals surface area contributed by atoms with Gasteiger partial charge in [-0.25, -0.2) is 4.79 Å². The monoisotopic (exact) mass is 347 g/mol. The maximum atomic E-state index is 12.1. The van der Waals surface area contributed by atoms with E-state index in [4.69, 9.17) is 9.25 Å². The van der Waals surface area contributed by atoms with Crippen molar-refractivity contribution in [3.05, 3.63) is 94.4 Å². The van der Waals surface area contributed by atoms with Crippen LogP contribution in [0, 0.1) is 0 Å². The zero-order chi connectivity index (χ0) is 17.1. The molecule has 0 radical (unpaired) electrons. The molecule has 0 aliphatic heterocycles. The molecule has 4 aromatic rings. The van der Waals surface area contributed by atoms with E-state index in [-0.39, 0.29) is 0 Å². The van der Waals surface area contributed by atoms with Crippen LogP contribution >= 0.6 is 11.3 Å². The first-order valence-corrected chi connectivity index (χ1v) is 8.56. The number of carbonyl (C=O) groups is 1. The molecule has 0 aliphatic rings. The fourth-order valence-corrected chi connectivity index (χ4v) is 3.06. The van der Waals surface area contributed by atoms with E-state index < -0.39 is 5.97 Å². The van der Waals surface area contributed by atoms with E-state index >= 15 is 0 Å². The van der Waals surface area contributed by atoms with Crippen molar-refractivity contribution in [1.29, 1.82) is 0 Å². The second-order valence-corrected chi connectivity index (χ2v) is 6.26. The number of hydrogen-bond donors (Lipinski definition) is 0. The van der Waals surface area contributed by atoms with Crippen LogP contribution in [0.5, 0.6) is 0 Å². The van der Waals surface area contributed by atoms with Crippen molar-refractivity contribution in [3.8, 4) is 0 Å². The SMILES string of the molecule is O=C(O/N=C(\c1ccccc1)c1cc2ccccc2o1)c1cccs1. The molecule has 0 atom stereocenters. The molecule has 0 aliphatic carbocycles. The number of para-hydroxylation sites is 1. The maximum Gasteiger partial charge on any atom is 0.375 e. The van der Waals surface area contributed by atoms with E-state index in [2.05, 4.69) is 5.16 Å². The molecule has 2 aromatic carbocycles. The Morgan fingerprint density at radius 2 is 1.76 bits per heavy atom. The zero-order valence-corrected chi connectivity index (χ0v) is 13.9. The lowest BCUT2D eigenvalue weighted by Crippen LogP contribution is -2.06. The van der Waals surface area contributed by atoms with Crippen molar-refractivity contribution >= 4 is 34.0 Å². The van der Waals surface area contributed by atoms with Gasteiger partial charge < -0.3 is 9.25 Å². The van der Waals surface area contributed by atoms with Crippen molar-refractivity contribution < 1.29 is 14.0 Å². The van der Waals surface area contributed by atoms with Gasteiger partial charge in [0.1, 0.15) is 10.5 Å². The molecule has 4 nitrogen and oxygen atoms in total. The van der Waals surface area contributed by atoms with Crippen LogP contribution in [0.2, 0.25) is 0 Å². The smallest absolute Gasteiger partial charge is 0.375 e. The standard InChI is InChI=1S/C20H13NO3S/c22-20(18-11-6-12-25-18)24-21-19(14-7-2-1-3-8-14)17-13-15-9-4-5-10-16(15)23-17/h1-13H/b21-19+. The Morgan fingerprint density at radius 3 is 2.52 bits per heavy atom. The first-order valence-electron chi connectivity index (χ1n) is 7.68. The van der Waals surface area contributed by atoms with Gasteiger partial charge in [0.15, 0.2) is 11.5 Å². The number of nitrogens with zero attached hydrogens (tertiary/aromatic N) is 1. The van der Waals surface area contributed by atoms with Gasteiger partial charge in [-0.2, -0.15) is 0 Å². The van der Waals surface area contributed by atoms with Crippen LogP contribution in [-0.2, 0) is 4.84 Å². The fourth-order valence-electron chi connectivity index (χ4n) is 2.46. The first-order chi connectivity index (χ1) is 12.3. The molecular formula is C20H13NO3S. The highest BCUT2D eigenvalue weighted by Crippen LogP contribution is 2.22. The van der Waals surface area contributed by atoms with Gasteiger partial charge in [0.2, 0.25) is 0 Å². The van der Waals surface area contributed by atoms with Crippen LogP contribution in [0.1, 0.15) is 21.0 Å². The Bertz CT molecular complexity index is 1000. The first kappa shape index (κ1) is 15.4. The molecule has 0 saturated carbocycles. The summed E-state index contributed by atoms with van der Waals surface area (Å²) >= 11 is 1.31. The molecule has 0 fully saturated rings. The molecule has 2 heterocycles. The van der Waals surface area contributed by atoms with Gasteiger partial charge in [-0.05, 0) is 23.6 Å². The molecule has 4 rings (SSSR count). The van der Waals surface area contributed by atoms with Crippen molar-refractivity contribution in [2.24, 2.45) is 5.16 Å². The normalized spacial score (nSPS) is 11.6. The average Bonchev–Trinajstić information content (AvgIpc) is 3.32. The van der Waals surface area contributed by atoms with Gasteiger partial charge in [-0.1, -0.05) is 59.8 Å². The van der Waals surface area contributed by atoms with E-state index in [1.54, 1.807) is 12.1 Å². The Balaban J connectivity index is 1.74. The van der Waals surface area contributed by atoms with Crippen molar-refractivity contribution in [2.75, 3.05) is 0 Å². The summed E-state index contributed by atoms with van der Waals surface area (Å²) in [5, 5.41) is 6.88. The lowest BCUT2D eigenvalue weighted by atomic mass is 10.1. The summed E-state index contributed by atoms with van der Waals surface area (Å²) in [4.78, 5) is 17.7. The number of carbonyl (C=O) groups excluding carboxylic acids is 1. The van der Waals surface area contributed by atoms with E-state index in [0.717, 1.165) is 16.5 Å². The summed E-state index contributed by atoms with van der Waals surface area (Å²) in [7, 11) is 0. The summed E-state index contributed by atoms with van der Waals surface area (Å²) in [5.74, 6) is 0.0610. The summed E-state index contributed by atoms with van der Waals surface area (Å²) in [6, 6.07) is 22.6. The van der Waals surface area contributed by atoms with Crippen LogP contribution in [0.4, 0.5) is 0 Å². The summed E-state index contributed by atoms with van der Waals surface area (Å²) < 4.78 is 5.89. The number of thiophene rings is 1. The summed E-state index contributed by atoms with van der Waals surface area (Å²) in [6.45, 7) is 0. The molecule has 0 N–H and O–H groups in total. The number of hydrogen-bond acceptors (Lipinski definition) is 5. The molecule has 0 spiro atoms. The Labute approximate surface area is 148 Å². The molecule has 2 aromatic heterocycles. The quantitative estimate of drug-likeness (QED) is 0.293.